The summed E-state index contributed by atoms with van der Waals surface area (Å²) < 4.78 is 3.36. The van der Waals surface area contributed by atoms with Crippen molar-refractivity contribution >= 4 is 37.5 Å². The number of anilines is 1. The molecule has 0 saturated heterocycles. The highest BCUT2D eigenvalue weighted by molar-refractivity contribution is 7.22. The van der Waals surface area contributed by atoms with E-state index < -0.39 is 0 Å². The van der Waals surface area contributed by atoms with Gasteiger partial charge in [-0.3, -0.25) is 5.32 Å². The molecule has 0 atom stereocenters. The van der Waals surface area contributed by atoms with Crippen molar-refractivity contribution in [2.75, 3.05) is 32.5 Å². The molecule has 0 aliphatic carbocycles. The van der Waals surface area contributed by atoms with Gasteiger partial charge in [-0.25, -0.2) is 4.57 Å². The number of hydrogen-bond acceptors (Lipinski definition) is 4. The number of thiazole rings is 1. The number of nitrogens with zero attached hydrogens (tertiary/aromatic N) is 2. The summed E-state index contributed by atoms with van der Waals surface area (Å²) >= 11 is 1.72. The number of phenols is 1. The molecule has 0 saturated carbocycles. The molecule has 23 heavy (non-hydrogen) atoms. The third kappa shape index (κ3) is 2.86. The van der Waals surface area contributed by atoms with Gasteiger partial charge in [0.1, 0.15) is 5.75 Å². The average Bonchev–Trinajstić information content (AvgIpc) is 2.86. The minimum Gasteiger partial charge on any atom is -0.507 e. The van der Waals surface area contributed by atoms with Gasteiger partial charge in [-0.2, -0.15) is 0 Å². The van der Waals surface area contributed by atoms with Gasteiger partial charge < -0.3 is 10.0 Å². The molecule has 1 aromatic heterocycles. The first kappa shape index (κ1) is 16.0. The maximum Gasteiger partial charge on any atom is 0.334 e. The van der Waals surface area contributed by atoms with Crippen LogP contribution < -0.4 is 9.88 Å². The van der Waals surface area contributed by atoms with Crippen LogP contribution >= 0.6 is 11.3 Å². The highest BCUT2D eigenvalue weighted by atomic mass is 32.1. The Morgan fingerprint density at radius 3 is 2.61 bits per heavy atom. The molecule has 4 nitrogen and oxygen atoms in total. The van der Waals surface area contributed by atoms with Crippen LogP contribution in [-0.2, 0) is 7.05 Å². The van der Waals surface area contributed by atoms with Gasteiger partial charge in [0.2, 0.25) is 0 Å². The van der Waals surface area contributed by atoms with Crippen molar-refractivity contribution in [2.45, 2.75) is 13.3 Å². The van der Waals surface area contributed by atoms with E-state index in [0.717, 1.165) is 45.7 Å². The third-order valence-corrected chi connectivity index (χ3v) is 5.56. The molecule has 0 amide bonds. The van der Waals surface area contributed by atoms with Gasteiger partial charge >= 0.3 is 5.13 Å². The Bertz CT molecular complexity index is 854. The van der Waals surface area contributed by atoms with Crippen LogP contribution in [-0.4, -0.2) is 37.2 Å². The van der Waals surface area contributed by atoms with E-state index in [9.17, 15) is 5.11 Å². The molecule has 0 spiro atoms. The molecule has 5 heteroatoms. The number of aryl methyl sites for hydroxylation is 2. The largest absolute Gasteiger partial charge is 0.507 e. The van der Waals surface area contributed by atoms with Crippen LogP contribution in [0.25, 0.3) is 21.0 Å². The van der Waals surface area contributed by atoms with Crippen molar-refractivity contribution in [1.29, 1.82) is 0 Å². The number of fused-ring (bicyclic) bond motifs is 3. The van der Waals surface area contributed by atoms with Crippen LogP contribution in [0, 0.1) is 6.92 Å². The van der Waals surface area contributed by atoms with E-state index in [1.807, 2.05) is 25.1 Å². The first-order valence-corrected chi connectivity index (χ1v) is 8.73. The lowest BCUT2D eigenvalue weighted by molar-refractivity contribution is -0.625. The van der Waals surface area contributed by atoms with Gasteiger partial charge in [0.15, 0.2) is 5.52 Å². The van der Waals surface area contributed by atoms with Gasteiger partial charge in [0, 0.05) is 22.9 Å². The van der Waals surface area contributed by atoms with Crippen molar-refractivity contribution < 1.29 is 9.67 Å². The second-order valence-corrected chi connectivity index (χ2v) is 7.25. The molecule has 0 aliphatic heterocycles. The van der Waals surface area contributed by atoms with E-state index in [0.29, 0.717) is 5.75 Å². The molecule has 0 radical (unpaired) electrons. The Labute approximate surface area is 141 Å². The second-order valence-electron chi connectivity index (χ2n) is 6.25. The summed E-state index contributed by atoms with van der Waals surface area (Å²) in [5.41, 5.74) is 2.15. The lowest BCUT2D eigenvalue weighted by atomic mass is 10.0. The predicted molar refractivity (Wildman–Crippen MR) is 98.6 cm³/mol. The molecule has 0 unspecified atom stereocenters. The first-order valence-electron chi connectivity index (χ1n) is 7.92. The highest BCUT2D eigenvalue weighted by Gasteiger charge is 2.21. The maximum absolute atomic E-state index is 10.5. The van der Waals surface area contributed by atoms with Gasteiger partial charge in [0.25, 0.3) is 0 Å². The molecule has 0 bridgehead atoms. The summed E-state index contributed by atoms with van der Waals surface area (Å²) in [6.07, 6.45) is 1.10. The number of aromatic nitrogens is 1. The first-order chi connectivity index (χ1) is 11.0. The molecule has 2 aromatic carbocycles. The summed E-state index contributed by atoms with van der Waals surface area (Å²) in [6, 6.07) is 8.07. The summed E-state index contributed by atoms with van der Waals surface area (Å²) in [6.45, 7) is 4.02. The van der Waals surface area contributed by atoms with E-state index >= 15 is 0 Å². The summed E-state index contributed by atoms with van der Waals surface area (Å²) in [7, 11) is 6.28. The van der Waals surface area contributed by atoms with Crippen LogP contribution in [0.5, 0.6) is 5.75 Å². The number of nitrogens with one attached hydrogen (secondary N) is 1. The quantitative estimate of drug-likeness (QED) is 0.557. The standard InChI is InChI=1S/C18H23N3OS/c1-12-16(22)14-9-6-5-8-13(14)15-17(12)23-18(21(15)4)19-10-7-11-20(2)3/h5-6,8-9,22H,7,10-11H2,1-4H3/p+1. The highest BCUT2D eigenvalue weighted by Crippen LogP contribution is 2.39. The Kier molecular flexibility index (Phi) is 4.41. The zero-order chi connectivity index (χ0) is 16.6. The molecule has 122 valence electrons. The van der Waals surface area contributed by atoms with Crippen LogP contribution in [0.3, 0.4) is 0 Å². The number of aromatic hydroxyl groups is 1. The number of phenolic OH excluding ortho intramolecular Hbond substituents is 1. The van der Waals surface area contributed by atoms with Crippen LogP contribution in [0.4, 0.5) is 5.13 Å². The number of benzene rings is 2. The van der Waals surface area contributed by atoms with E-state index in [-0.39, 0.29) is 0 Å². The Morgan fingerprint density at radius 1 is 1.22 bits per heavy atom. The van der Waals surface area contributed by atoms with Gasteiger partial charge in [0.05, 0.1) is 18.3 Å². The number of hydrogen-bond donors (Lipinski definition) is 2. The zero-order valence-electron chi connectivity index (χ0n) is 14.2. The third-order valence-electron chi connectivity index (χ3n) is 4.25. The molecule has 1 heterocycles. The molecular weight excluding hydrogens is 306 g/mol. The lowest BCUT2D eigenvalue weighted by Gasteiger charge is -2.07. The van der Waals surface area contributed by atoms with E-state index in [1.165, 1.54) is 5.52 Å². The molecule has 0 aliphatic rings. The normalized spacial score (nSPS) is 11.7. The van der Waals surface area contributed by atoms with Crippen LogP contribution in [0.15, 0.2) is 24.3 Å². The van der Waals surface area contributed by atoms with Crippen molar-refractivity contribution in [2.24, 2.45) is 7.05 Å². The molecule has 2 N–H and O–H groups in total. The molecular formula is C18H24N3OS+. The molecule has 3 rings (SSSR count). The van der Waals surface area contributed by atoms with E-state index in [1.54, 1.807) is 11.3 Å². The average molecular weight is 330 g/mol. The fourth-order valence-corrected chi connectivity index (χ4v) is 4.16. The monoisotopic (exact) mass is 330 g/mol. The Balaban J connectivity index is 2.04. The zero-order valence-corrected chi connectivity index (χ0v) is 15.0. The summed E-state index contributed by atoms with van der Waals surface area (Å²) in [5, 5.41) is 17.2. The van der Waals surface area contributed by atoms with Crippen molar-refractivity contribution in [1.82, 2.24) is 4.90 Å². The SMILES string of the molecule is Cc1c(O)c2ccccc2c2c1sc(NCCCN(C)C)[n+]2C. The fraction of sp³-hybridized carbons (Fsp3) is 0.389. The Hall–Kier alpha value is -1.85. The summed E-state index contributed by atoms with van der Waals surface area (Å²) in [4.78, 5) is 2.20. The number of rotatable bonds is 5. The maximum atomic E-state index is 10.5. The van der Waals surface area contributed by atoms with Crippen molar-refractivity contribution in [3.63, 3.8) is 0 Å². The van der Waals surface area contributed by atoms with Crippen molar-refractivity contribution in [3.05, 3.63) is 29.8 Å². The van der Waals surface area contributed by atoms with Crippen LogP contribution in [0.2, 0.25) is 0 Å². The van der Waals surface area contributed by atoms with Crippen molar-refractivity contribution in [3.8, 4) is 5.75 Å². The summed E-state index contributed by atoms with van der Waals surface area (Å²) in [5.74, 6) is 0.397. The van der Waals surface area contributed by atoms with Gasteiger partial charge in [-0.1, -0.05) is 18.2 Å². The Morgan fingerprint density at radius 2 is 1.91 bits per heavy atom. The van der Waals surface area contributed by atoms with E-state index in [2.05, 4.69) is 42.0 Å². The lowest BCUT2D eigenvalue weighted by Crippen LogP contribution is -2.31. The second kappa shape index (κ2) is 6.34. The smallest absolute Gasteiger partial charge is 0.334 e. The van der Waals surface area contributed by atoms with Gasteiger partial charge in [-0.15, -0.1) is 0 Å². The predicted octanol–water partition coefficient (Wildman–Crippen LogP) is 3.26. The minimum atomic E-state index is 0.397. The minimum absolute atomic E-state index is 0.397. The fourth-order valence-electron chi connectivity index (χ4n) is 2.98. The molecule has 3 aromatic rings. The van der Waals surface area contributed by atoms with Gasteiger partial charge in [-0.05, 0) is 44.8 Å². The van der Waals surface area contributed by atoms with Crippen LogP contribution in [0.1, 0.15) is 12.0 Å². The molecule has 0 fully saturated rings. The topological polar surface area (TPSA) is 39.4 Å². The van der Waals surface area contributed by atoms with E-state index in [4.69, 9.17) is 0 Å².